The van der Waals surface area contributed by atoms with Gasteiger partial charge in [-0.05, 0) is 43.3 Å². The molecule has 0 bridgehead atoms. The molecule has 0 aliphatic carbocycles. The van der Waals surface area contributed by atoms with Gasteiger partial charge in [-0.1, -0.05) is 23.4 Å². The number of hydrogen-bond acceptors (Lipinski definition) is 5. The van der Waals surface area contributed by atoms with E-state index in [1.54, 1.807) is 30.5 Å². The third-order valence-corrected chi connectivity index (χ3v) is 3.98. The first-order valence-electron chi connectivity index (χ1n) is 6.36. The topological polar surface area (TPSA) is 82.3 Å². The molecule has 1 aromatic heterocycles. The van der Waals surface area contributed by atoms with Crippen LogP contribution in [0.1, 0.15) is 17.3 Å². The van der Waals surface area contributed by atoms with E-state index in [1.807, 2.05) is 12.1 Å². The zero-order chi connectivity index (χ0) is 16.1. The van der Waals surface area contributed by atoms with Crippen molar-refractivity contribution in [3.63, 3.8) is 0 Å². The number of carbonyl (C=O) groups is 2. The molecule has 1 aromatic carbocycles. The lowest BCUT2D eigenvalue weighted by atomic mass is 10.3. The number of nitrogens with zero attached hydrogens (tertiary/aromatic N) is 1. The zero-order valence-electron chi connectivity index (χ0n) is 11.7. The highest BCUT2D eigenvalue weighted by molar-refractivity contribution is 7.99. The third kappa shape index (κ3) is 4.22. The number of halogens is 1. The Morgan fingerprint density at radius 1 is 1.27 bits per heavy atom. The summed E-state index contributed by atoms with van der Waals surface area (Å²) in [7, 11) is 0. The number of rotatable bonds is 5. The van der Waals surface area contributed by atoms with Crippen molar-refractivity contribution in [2.24, 2.45) is 5.73 Å². The SMILES string of the molecule is C[C@H](OC(=O)c1cccnc1Sc1ccc(Cl)cc1)C(N)=O. The lowest BCUT2D eigenvalue weighted by Gasteiger charge is -2.11. The Kier molecular flexibility index (Phi) is 5.41. The maximum atomic E-state index is 12.1. The molecule has 0 aliphatic heterocycles. The minimum atomic E-state index is -0.999. The van der Waals surface area contributed by atoms with Crippen molar-refractivity contribution in [2.45, 2.75) is 22.9 Å². The standard InChI is InChI=1S/C15H13ClN2O3S/c1-9(13(17)19)21-15(20)12-3-2-8-18-14(12)22-11-6-4-10(16)5-7-11/h2-9H,1H3,(H2,17,19)/t9-/m0/s1. The first-order chi connectivity index (χ1) is 10.5. The predicted octanol–water partition coefficient (Wildman–Crippen LogP) is 2.92. The van der Waals surface area contributed by atoms with Gasteiger partial charge in [0.1, 0.15) is 5.03 Å². The molecule has 0 spiro atoms. The Morgan fingerprint density at radius 3 is 2.59 bits per heavy atom. The highest BCUT2D eigenvalue weighted by atomic mass is 35.5. The van der Waals surface area contributed by atoms with Gasteiger partial charge in [-0.3, -0.25) is 4.79 Å². The summed E-state index contributed by atoms with van der Waals surface area (Å²) < 4.78 is 5.01. The Balaban J connectivity index is 2.21. The molecule has 5 nitrogen and oxygen atoms in total. The average molecular weight is 337 g/mol. The summed E-state index contributed by atoms with van der Waals surface area (Å²) >= 11 is 7.14. The van der Waals surface area contributed by atoms with Gasteiger partial charge >= 0.3 is 5.97 Å². The molecule has 0 saturated carbocycles. The van der Waals surface area contributed by atoms with Crippen LogP contribution in [0.4, 0.5) is 0 Å². The summed E-state index contributed by atoms with van der Waals surface area (Å²) in [6, 6.07) is 10.4. The number of esters is 1. The molecule has 0 unspecified atom stereocenters. The van der Waals surface area contributed by atoms with E-state index in [0.717, 1.165) is 4.90 Å². The van der Waals surface area contributed by atoms with Crippen molar-refractivity contribution >= 4 is 35.2 Å². The van der Waals surface area contributed by atoms with Gasteiger partial charge < -0.3 is 10.5 Å². The van der Waals surface area contributed by atoms with Crippen molar-refractivity contribution in [1.82, 2.24) is 4.98 Å². The van der Waals surface area contributed by atoms with Crippen LogP contribution in [0.3, 0.4) is 0 Å². The monoisotopic (exact) mass is 336 g/mol. The van der Waals surface area contributed by atoms with Crippen LogP contribution in [-0.2, 0) is 9.53 Å². The fourth-order valence-electron chi connectivity index (χ4n) is 1.52. The van der Waals surface area contributed by atoms with Crippen LogP contribution in [0.5, 0.6) is 0 Å². The van der Waals surface area contributed by atoms with Gasteiger partial charge in [0.15, 0.2) is 6.10 Å². The third-order valence-electron chi connectivity index (χ3n) is 2.70. The van der Waals surface area contributed by atoms with E-state index < -0.39 is 18.0 Å². The Bertz CT molecular complexity index is 691. The second kappa shape index (κ2) is 7.29. The van der Waals surface area contributed by atoms with E-state index in [4.69, 9.17) is 22.1 Å². The van der Waals surface area contributed by atoms with E-state index >= 15 is 0 Å². The summed E-state index contributed by atoms with van der Waals surface area (Å²) in [6.07, 6.45) is 0.577. The molecule has 0 fully saturated rings. The molecule has 2 N–H and O–H groups in total. The number of ether oxygens (including phenoxy) is 1. The van der Waals surface area contributed by atoms with E-state index in [0.29, 0.717) is 10.0 Å². The van der Waals surface area contributed by atoms with E-state index in [2.05, 4.69) is 4.98 Å². The number of hydrogen-bond donors (Lipinski definition) is 1. The van der Waals surface area contributed by atoms with Crippen LogP contribution in [0.2, 0.25) is 5.02 Å². The molecule has 0 aliphatic rings. The van der Waals surface area contributed by atoms with E-state index in [1.165, 1.54) is 18.7 Å². The summed E-state index contributed by atoms with van der Waals surface area (Å²) in [4.78, 5) is 28.2. The molecule has 1 amide bonds. The summed E-state index contributed by atoms with van der Waals surface area (Å²) in [6.45, 7) is 1.42. The van der Waals surface area contributed by atoms with Crippen LogP contribution in [0, 0.1) is 0 Å². The van der Waals surface area contributed by atoms with Crippen molar-refractivity contribution in [3.8, 4) is 0 Å². The quantitative estimate of drug-likeness (QED) is 0.849. The Hall–Kier alpha value is -2.05. The Morgan fingerprint density at radius 2 is 1.95 bits per heavy atom. The molecule has 1 atom stereocenters. The number of primary amides is 1. The zero-order valence-corrected chi connectivity index (χ0v) is 13.2. The largest absolute Gasteiger partial charge is 0.449 e. The normalized spacial score (nSPS) is 11.7. The Labute approximate surface area is 136 Å². The molecule has 0 saturated heterocycles. The second-order valence-electron chi connectivity index (χ2n) is 4.36. The van der Waals surface area contributed by atoms with Gasteiger partial charge in [0, 0.05) is 16.1 Å². The van der Waals surface area contributed by atoms with Crippen molar-refractivity contribution in [2.75, 3.05) is 0 Å². The highest BCUT2D eigenvalue weighted by Crippen LogP contribution is 2.29. The number of benzene rings is 1. The van der Waals surface area contributed by atoms with Crippen molar-refractivity contribution in [1.29, 1.82) is 0 Å². The first kappa shape index (κ1) is 16.3. The lowest BCUT2D eigenvalue weighted by molar-refractivity contribution is -0.125. The van der Waals surface area contributed by atoms with Crippen LogP contribution >= 0.6 is 23.4 Å². The molecule has 2 aromatic rings. The number of nitrogens with two attached hydrogens (primary N) is 1. The molecule has 114 valence electrons. The number of aromatic nitrogens is 1. The maximum Gasteiger partial charge on any atom is 0.341 e. The molecule has 2 rings (SSSR count). The summed E-state index contributed by atoms with van der Waals surface area (Å²) in [5.41, 5.74) is 5.36. The smallest absolute Gasteiger partial charge is 0.341 e. The number of carbonyl (C=O) groups excluding carboxylic acids is 2. The lowest BCUT2D eigenvalue weighted by Crippen LogP contribution is -2.30. The molecule has 1 heterocycles. The molecule has 0 radical (unpaired) electrons. The average Bonchev–Trinajstić information content (AvgIpc) is 2.50. The van der Waals surface area contributed by atoms with E-state index in [-0.39, 0.29) is 5.56 Å². The number of amides is 1. The van der Waals surface area contributed by atoms with Crippen LogP contribution < -0.4 is 5.73 Å². The van der Waals surface area contributed by atoms with Crippen molar-refractivity contribution < 1.29 is 14.3 Å². The minimum Gasteiger partial charge on any atom is -0.449 e. The highest BCUT2D eigenvalue weighted by Gasteiger charge is 2.19. The van der Waals surface area contributed by atoms with Crippen LogP contribution in [-0.4, -0.2) is 23.0 Å². The summed E-state index contributed by atoms with van der Waals surface area (Å²) in [5.74, 6) is -1.35. The molecular weight excluding hydrogens is 324 g/mol. The van der Waals surface area contributed by atoms with Gasteiger partial charge in [-0.15, -0.1) is 0 Å². The number of pyridine rings is 1. The van der Waals surface area contributed by atoms with Gasteiger partial charge in [-0.2, -0.15) is 0 Å². The van der Waals surface area contributed by atoms with Crippen LogP contribution in [0.25, 0.3) is 0 Å². The van der Waals surface area contributed by atoms with Crippen molar-refractivity contribution in [3.05, 3.63) is 53.2 Å². The molecule has 22 heavy (non-hydrogen) atoms. The fourth-order valence-corrected chi connectivity index (χ4v) is 2.52. The summed E-state index contributed by atoms with van der Waals surface area (Å²) in [5, 5.41) is 1.10. The first-order valence-corrected chi connectivity index (χ1v) is 7.55. The second-order valence-corrected chi connectivity index (χ2v) is 5.86. The van der Waals surface area contributed by atoms with Gasteiger partial charge in [0.05, 0.1) is 5.56 Å². The predicted molar refractivity (Wildman–Crippen MR) is 83.9 cm³/mol. The van der Waals surface area contributed by atoms with Crippen LogP contribution in [0.15, 0.2) is 52.5 Å². The molecular formula is C15H13ClN2O3S. The van der Waals surface area contributed by atoms with Gasteiger partial charge in [0.2, 0.25) is 0 Å². The van der Waals surface area contributed by atoms with E-state index in [9.17, 15) is 9.59 Å². The maximum absolute atomic E-state index is 12.1. The van der Waals surface area contributed by atoms with Gasteiger partial charge in [0.25, 0.3) is 5.91 Å². The fraction of sp³-hybridized carbons (Fsp3) is 0.133. The minimum absolute atomic E-state index is 0.274. The molecule has 7 heteroatoms. The van der Waals surface area contributed by atoms with Gasteiger partial charge in [-0.25, -0.2) is 9.78 Å².